The number of nitrogens with zero attached hydrogens (tertiary/aromatic N) is 2. The number of aromatic nitrogens is 1. The Morgan fingerprint density at radius 1 is 1.45 bits per heavy atom. The molecule has 2 aromatic rings. The van der Waals surface area contributed by atoms with E-state index in [1.54, 1.807) is 12.3 Å². The fourth-order valence-electron chi connectivity index (χ4n) is 3.14. The predicted molar refractivity (Wildman–Crippen MR) is 115 cm³/mol. The second-order valence-electron chi connectivity index (χ2n) is 8.09. The average molecular weight is 440 g/mol. The number of fused-ring (bicyclic) bond motifs is 1. The van der Waals surface area contributed by atoms with Gasteiger partial charge in [0, 0.05) is 22.9 Å². The van der Waals surface area contributed by atoms with Gasteiger partial charge in [0.1, 0.15) is 21.8 Å². The summed E-state index contributed by atoms with van der Waals surface area (Å²) in [4.78, 5) is 16.4. The highest BCUT2D eigenvalue weighted by molar-refractivity contribution is 7.90. The van der Waals surface area contributed by atoms with Crippen LogP contribution in [-0.4, -0.2) is 49.6 Å². The van der Waals surface area contributed by atoms with Gasteiger partial charge in [-0.15, -0.1) is 4.72 Å². The second kappa shape index (κ2) is 8.55. The van der Waals surface area contributed by atoms with Crippen molar-refractivity contribution in [3.05, 3.63) is 35.1 Å². The van der Waals surface area contributed by atoms with Crippen LogP contribution in [0.1, 0.15) is 45.7 Å². The number of hydrogen-bond donors (Lipinski definition) is 2. The van der Waals surface area contributed by atoms with Gasteiger partial charge in [0.05, 0.1) is 19.1 Å². The summed E-state index contributed by atoms with van der Waals surface area (Å²) in [6.07, 6.45) is 1.27. The van der Waals surface area contributed by atoms with E-state index in [9.17, 15) is 9.35 Å². The maximum absolute atomic E-state index is 12.6. The van der Waals surface area contributed by atoms with Crippen LogP contribution in [0.2, 0.25) is 5.15 Å². The van der Waals surface area contributed by atoms with Crippen molar-refractivity contribution < 1.29 is 19.2 Å². The first-order valence-corrected chi connectivity index (χ1v) is 11.0. The Morgan fingerprint density at radius 3 is 2.72 bits per heavy atom. The number of carbonyl (C=O) groups is 1. The van der Waals surface area contributed by atoms with Gasteiger partial charge in [-0.3, -0.25) is 0 Å². The van der Waals surface area contributed by atoms with Crippen LogP contribution in [0.5, 0.6) is 5.75 Å². The number of rotatable bonds is 6. The van der Waals surface area contributed by atoms with Crippen LogP contribution >= 0.6 is 11.6 Å². The zero-order chi connectivity index (χ0) is 21.3. The maximum Gasteiger partial charge on any atom is 0.407 e. The van der Waals surface area contributed by atoms with Crippen molar-refractivity contribution in [3.63, 3.8) is 0 Å². The first-order valence-electron chi connectivity index (χ1n) is 9.51. The average Bonchev–Trinajstić information content (AvgIpc) is 2.60. The van der Waals surface area contributed by atoms with Gasteiger partial charge in [0.2, 0.25) is 0 Å². The maximum atomic E-state index is 12.6. The summed E-state index contributed by atoms with van der Waals surface area (Å²) in [5.41, 5.74) is 0.970. The molecule has 0 saturated carbocycles. The van der Waals surface area contributed by atoms with Crippen molar-refractivity contribution in [1.82, 2.24) is 14.6 Å². The Morgan fingerprint density at radius 2 is 2.14 bits per heavy atom. The Bertz CT molecular complexity index is 899. The molecular formula is C20H26ClN3O4S. The van der Waals surface area contributed by atoms with Crippen LogP contribution in [0.4, 0.5) is 4.79 Å². The van der Waals surface area contributed by atoms with Crippen LogP contribution in [0.3, 0.4) is 0 Å². The molecule has 1 aliphatic rings. The van der Waals surface area contributed by atoms with E-state index < -0.39 is 17.5 Å². The summed E-state index contributed by atoms with van der Waals surface area (Å²) >= 11 is 4.94. The van der Waals surface area contributed by atoms with Gasteiger partial charge in [0.15, 0.2) is 0 Å². The minimum atomic E-state index is -1.22. The Hall–Kier alpha value is -1.74. The molecule has 1 aliphatic heterocycles. The third-order valence-electron chi connectivity index (χ3n) is 4.86. The molecule has 9 heteroatoms. The molecule has 0 aliphatic carbocycles. The normalized spacial score (nSPS) is 17.1. The first kappa shape index (κ1) is 22.0. The SMILES string of the molecule is CC[C@H](N[S+]([O-])C(C)(C)C)c1ccc(OC2CN(C(=O)O)C2)c2cnc(Cl)cc12. The quantitative estimate of drug-likeness (QED) is 0.518. The predicted octanol–water partition coefficient (Wildman–Crippen LogP) is 4.13. The summed E-state index contributed by atoms with van der Waals surface area (Å²) in [7, 11) is 0. The van der Waals surface area contributed by atoms with Crippen LogP contribution in [0.25, 0.3) is 10.8 Å². The van der Waals surface area contributed by atoms with Crippen molar-refractivity contribution in [1.29, 1.82) is 0 Å². The molecule has 2 heterocycles. The van der Waals surface area contributed by atoms with Crippen LogP contribution in [0, 0.1) is 0 Å². The third-order valence-corrected chi connectivity index (χ3v) is 6.68. The minimum Gasteiger partial charge on any atom is -0.598 e. The fraction of sp³-hybridized carbons (Fsp3) is 0.500. The summed E-state index contributed by atoms with van der Waals surface area (Å²) < 4.78 is 21.5. The molecule has 29 heavy (non-hydrogen) atoms. The molecule has 1 aromatic carbocycles. The van der Waals surface area contributed by atoms with Crippen molar-refractivity contribution in [2.75, 3.05) is 13.1 Å². The number of hydrogen-bond acceptors (Lipinski definition) is 5. The van der Waals surface area contributed by atoms with Crippen molar-refractivity contribution in [3.8, 4) is 5.75 Å². The number of likely N-dealkylation sites (tertiary alicyclic amines) is 1. The summed E-state index contributed by atoms with van der Waals surface area (Å²) in [5, 5.41) is 11.0. The zero-order valence-corrected chi connectivity index (χ0v) is 18.5. The van der Waals surface area contributed by atoms with E-state index in [0.717, 1.165) is 22.8 Å². The van der Waals surface area contributed by atoms with Gasteiger partial charge in [0.25, 0.3) is 0 Å². The lowest BCUT2D eigenvalue weighted by Gasteiger charge is -2.37. The fourth-order valence-corrected chi connectivity index (χ4v) is 4.20. The molecule has 7 nitrogen and oxygen atoms in total. The summed E-state index contributed by atoms with van der Waals surface area (Å²) in [5.74, 6) is 0.634. The highest BCUT2D eigenvalue weighted by Crippen LogP contribution is 2.35. The second-order valence-corrected chi connectivity index (χ2v) is 10.5. The van der Waals surface area contributed by atoms with E-state index in [4.69, 9.17) is 21.4 Å². The molecule has 1 saturated heterocycles. The minimum absolute atomic E-state index is 0.128. The monoisotopic (exact) mass is 439 g/mol. The highest BCUT2D eigenvalue weighted by Gasteiger charge is 2.33. The largest absolute Gasteiger partial charge is 0.598 e. The lowest BCUT2D eigenvalue weighted by molar-refractivity contribution is 0.0260. The molecule has 0 radical (unpaired) electrons. The summed E-state index contributed by atoms with van der Waals surface area (Å²) in [6, 6.07) is 5.47. The zero-order valence-electron chi connectivity index (χ0n) is 16.9. The number of nitrogens with one attached hydrogen (secondary N) is 1. The van der Waals surface area contributed by atoms with Gasteiger partial charge < -0.3 is 19.3 Å². The van der Waals surface area contributed by atoms with Crippen LogP contribution in [0.15, 0.2) is 24.4 Å². The van der Waals surface area contributed by atoms with Gasteiger partial charge in [-0.2, -0.15) is 0 Å². The van der Waals surface area contributed by atoms with E-state index in [1.807, 2.05) is 39.8 Å². The Labute approximate surface area is 178 Å². The third kappa shape index (κ3) is 4.88. The number of halogens is 1. The molecular weight excluding hydrogens is 414 g/mol. The number of ether oxygens (including phenoxy) is 1. The highest BCUT2D eigenvalue weighted by atomic mass is 35.5. The van der Waals surface area contributed by atoms with Crippen molar-refractivity contribution in [2.24, 2.45) is 0 Å². The molecule has 2 N–H and O–H groups in total. The Balaban J connectivity index is 1.91. The van der Waals surface area contributed by atoms with Gasteiger partial charge >= 0.3 is 6.09 Å². The number of carboxylic acid groups (broad SMARTS) is 1. The molecule has 158 valence electrons. The van der Waals surface area contributed by atoms with Crippen molar-refractivity contribution >= 4 is 39.8 Å². The molecule has 3 rings (SSSR count). The Kier molecular flexibility index (Phi) is 6.48. The van der Waals surface area contributed by atoms with Gasteiger partial charge in [-0.25, -0.2) is 9.78 Å². The van der Waals surface area contributed by atoms with Crippen LogP contribution < -0.4 is 9.46 Å². The standard InChI is InChI=1S/C20H26ClN3O4S/c1-5-16(23-29(27)20(2,3)4)13-6-7-17(15-9-22-18(21)8-14(13)15)28-12-10-24(11-12)19(25)26/h6-9,12,16,23H,5,10-11H2,1-4H3,(H,25,26)/t16-,29?/m0/s1. The lowest BCUT2D eigenvalue weighted by Crippen LogP contribution is -2.55. The molecule has 0 spiro atoms. The van der Waals surface area contributed by atoms with Crippen LogP contribution in [-0.2, 0) is 11.4 Å². The van der Waals surface area contributed by atoms with E-state index in [2.05, 4.69) is 9.71 Å². The molecule has 1 fully saturated rings. The number of amides is 1. The first-order chi connectivity index (χ1) is 13.6. The molecule has 2 atom stereocenters. The van der Waals surface area contributed by atoms with Crippen molar-refractivity contribution in [2.45, 2.75) is 51.0 Å². The smallest absolute Gasteiger partial charge is 0.407 e. The number of benzene rings is 1. The molecule has 1 aromatic heterocycles. The lowest BCUT2D eigenvalue weighted by atomic mass is 9.98. The topological polar surface area (TPSA) is 97.8 Å². The molecule has 1 unspecified atom stereocenters. The molecule has 1 amide bonds. The van der Waals surface area contributed by atoms with E-state index in [1.165, 1.54) is 4.90 Å². The molecule has 0 bridgehead atoms. The van der Waals surface area contributed by atoms with E-state index in [0.29, 0.717) is 24.0 Å². The van der Waals surface area contributed by atoms with E-state index in [-0.39, 0.29) is 16.9 Å². The number of pyridine rings is 1. The van der Waals surface area contributed by atoms with E-state index >= 15 is 0 Å². The van der Waals surface area contributed by atoms with Gasteiger partial charge in [-0.1, -0.05) is 24.6 Å². The van der Waals surface area contributed by atoms with Gasteiger partial charge in [-0.05, 0) is 50.3 Å². The summed E-state index contributed by atoms with van der Waals surface area (Å²) in [6.45, 7) is 8.49.